The average Bonchev–Trinajstić information content (AvgIpc) is 3.46. The summed E-state index contributed by atoms with van der Waals surface area (Å²) >= 11 is 0. The lowest BCUT2D eigenvalue weighted by Gasteiger charge is -2.20. The standard InChI is InChI=1S/C74H143NO5/c1-3-5-7-9-11-13-15-17-19-20-21-22-26-29-32-35-39-42-46-50-54-58-62-66-72(77)71(70-76)75-73(78)67-63-59-55-51-47-43-40-36-33-30-27-24-23-25-28-31-34-37-41-45-49-53-57-61-65-69-80-74(79)68-64-60-56-52-48-44-38-18-16-14-12-10-8-6-4-2/h24,27,62,66,71-72,76-77H,3-23,25-26,28-61,63-65,67-70H2,1-2H3,(H,75,78)/b27-24-,66-62+. The van der Waals surface area contributed by atoms with Crippen molar-refractivity contribution in [2.45, 2.75) is 424 Å². The summed E-state index contributed by atoms with van der Waals surface area (Å²) in [4.78, 5) is 24.6. The lowest BCUT2D eigenvalue weighted by molar-refractivity contribution is -0.143. The van der Waals surface area contributed by atoms with E-state index >= 15 is 0 Å². The molecule has 0 rings (SSSR count). The van der Waals surface area contributed by atoms with Gasteiger partial charge in [-0.3, -0.25) is 9.59 Å². The maximum Gasteiger partial charge on any atom is 0.305 e. The molecule has 474 valence electrons. The van der Waals surface area contributed by atoms with Crippen LogP contribution < -0.4 is 5.32 Å². The molecule has 0 saturated heterocycles. The molecule has 1 amide bonds. The Hall–Kier alpha value is -1.66. The van der Waals surface area contributed by atoms with E-state index in [1.807, 2.05) is 6.08 Å². The van der Waals surface area contributed by atoms with E-state index in [4.69, 9.17) is 4.74 Å². The van der Waals surface area contributed by atoms with E-state index in [1.54, 1.807) is 6.08 Å². The SMILES string of the molecule is CCCCCCCCCCCCCCCCCCCCCCC/C=C/C(O)C(CO)NC(=O)CCCCCCCCCCC/C=C\CCCCCCCCCCCCCCOC(=O)CCCCCCCCCCCCCCCCC. The third-order valence-corrected chi connectivity index (χ3v) is 17.2. The number of hydrogen-bond acceptors (Lipinski definition) is 5. The third-order valence-electron chi connectivity index (χ3n) is 17.2. The Morgan fingerprint density at radius 1 is 0.338 bits per heavy atom. The molecule has 0 spiro atoms. The Morgan fingerprint density at radius 3 is 0.887 bits per heavy atom. The molecule has 0 heterocycles. The number of amides is 1. The Bertz CT molecular complexity index is 1250. The number of esters is 1. The van der Waals surface area contributed by atoms with Crippen LogP contribution in [0.15, 0.2) is 24.3 Å². The fraction of sp³-hybridized carbons (Fsp3) is 0.919. The second-order valence-corrected chi connectivity index (χ2v) is 25.3. The molecule has 0 aromatic carbocycles. The van der Waals surface area contributed by atoms with Crippen LogP contribution in [0.1, 0.15) is 412 Å². The monoisotopic (exact) mass is 1130 g/mol. The second-order valence-electron chi connectivity index (χ2n) is 25.3. The summed E-state index contributed by atoms with van der Waals surface area (Å²) in [6.45, 7) is 4.95. The molecule has 2 unspecified atom stereocenters. The normalized spacial score (nSPS) is 12.6. The smallest absolute Gasteiger partial charge is 0.305 e. The van der Waals surface area contributed by atoms with Gasteiger partial charge in [0.2, 0.25) is 5.91 Å². The van der Waals surface area contributed by atoms with Crippen LogP contribution in [0, 0.1) is 0 Å². The molecule has 0 saturated carbocycles. The second kappa shape index (κ2) is 69.8. The Balaban J connectivity index is 3.41. The van der Waals surface area contributed by atoms with Gasteiger partial charge in [0.25, 0.3) is 0 Å². The van der Waals surface area contributed by atoms with Crippen molar-refractivity contribution in [3.63, 3.8) is 0 Å². The van der Waals surface area contributed by atoms with Crippen LogP contribution in [-0.2, 0) is 14.3 Å². The number of unbranched alkanes of at least 4 members (excludes halogenated alkanes) is 56. The van der Waals surface area contributed by atoms with Crippen LogP contribution >= 0.6 is 0 Å². The Kier molecular flexibility index (Phi) is 68.4. The quantitative estimate of drug-likeness (QED) is 0.0320. The molecule has 0 fully saturated rings. The molecule has 80 heavy (non-hydrogen) atoms. The number of aliphatic hydroxyl groups is 2. The van der Waals surface area contributed by atoms with Crippen LogP contribution in [0.2, 0.25) is 0 Å². The summed E-state index contributed by atoms with van der Waals surface area (Å²) in [5.41, 5.74) is 0. The summed E-state index contributed by atoms with van der Waals surface area (Å²) in [5, 5.41) is 23.3. The molecule has 0 bridgehead atoms. The minimum atomic E-state index is -0.848. The van der Waals surface area contributed by atoms with E-state index in [9.17, 15) is 19.8 Å². The number of aliphatic hydroxyl groups excluding tert-OH is 2. The van der Waals surface area contributed by atoms with Gasteiger partial charge in [-0.25, -0.2) is 0 Å². The molecule has 0 aromatic heterocycles. The first-order valence-electron chi connectivity index (χ1n) is 36.6. The first-order valence-corrected chi connectivity index (χ1v) is 36.6. The molecule has 0 radical (unpaired) electrons. The maximum absolute atomic E-state index is 12.5. The zero-order chi connectivity index (χ0) is 57.8. The average molecular weight is 1130 g/mol. The van der Waals surface area contributed by atoms with E-state index in [0.717, 1.165) is 38.5 Å². The Labute approximate surface area is 501 Å². The van der Waals surface area contributed by atoms with Crippen molar-refractivity contribution in [1.82, 2.24) is 5.32 Å². The zero-order valence-corrected chi connectivity index (χ0v) is 54.3. The number of hydrogen-bond donors (Lipinski definition) is 3. The number of carbonyl (C=O) groups excluding carboxylic acids is 2. The molecule has 3 N–H and O–H groups in total. The van der Waals surface area contributed by atoms with Crippen LogP contribution in [-0.4, -0.2) is 47.4 Å². The number of ether oxygens (including phenoxy) is 1. The highest BCUT2D eigenvalue weighted by Crippen LogP contribution is 2.19. The molecular formula is C74H143NO5. The van der Waals surface area contributed by atoms with Gasteiger partial charge in [-0.1, -0.05) is 366 Å². The fourth-order valence-electron chi connectivity index (χ4n) is 11.6. The third kappa shape index (κ3) is 65.5. The first-order chi connectivity index (χ1) is 39.5. The summed E-state index contributed by atoms with van der Waals surface area (Å²) in [6.07, 6.45) is 88.3. The van der Waals surface area contributed by atoms with Crippen LogP contribution in [0.5, 0.6) is 0 Å². The van der Waals surface area contributed by atoms with E-state index < -0.39 is 12.1 Å². The van der Waals surface area contributed by atoms with Crippen LogP contribution in [0.25, 0.3) is 0 Å². The predicted octanol–water partition coefficient (Wildman–Crippen LogP) is 23.7. The van der Waals surface area contributed by atoms with E-state index in [-0.39, 0.29) is 18.5 Å². The molecule has 0 aliphatic heterocycles. The molecule has 0 aliphatic rings. The van der Waals surface area contributed by atoms with Gasteiger partial charge in [-0.2, -0.15) is 0 Å². The lowest BCUT2D eigenvalue weighted by Crippen LogP contribution is -2.45. The van der Waals surface area contributed by atoms with Gasteiger partial charge in [0, 0.05) is 12.8 Å². The van der Waals surface area contributed by atoms with Gasteiger partial charge in [0.05, 0.1) is 25.4 Å². The molecule has 0 aromatic rings. The van der Waals surface area contributed by atoms with E-state index in [0.29, 0.717) is 19.4 Å². The van der Waals surface area contributed by atoms with Gasteiger partial charge in [-0.15, -0.1) is 0 Å². The molecular weight excluding hydrogens is 983 g/mol. The van der Waals surface area contributed by atoms with Crippen LogP contribution in [0.4, 0.5) is 0 Å². The summed E-state index contributed by atoms with van der Waals surface area (Å²) in [5.74, 6) is -0.0496. The van der Waals surface area contributed by atoms with Gasteiger partial charge in [0.15, 0.2) is 0 Å². The van der Waals surface area contributed by atoms with E-state index in [1.165, 1.54) is 347 Å². The van der Waals surface area contributed by atoms with Gasteiger partial charge in [0.1, 0.15) is 0 Å². The predicted molar refractivity (Wildman–Crippen MR) is 352 cm³/mol. The van der Waals surface area contributed by atoms with Crippen molar-refractivity contribution in [3.8, 4) is 0 Å². The van der Waals surface area contributed by atoms with Crippen molar-refractivity contribution >= 4 is 11.9 Å². The summed E-state index contributed by atoms with van der Waals surface area (Å²) < 4.78 is 5.50. The summed E-state index contributed by atoms with van der Waals surface area (Å²) in [6, 6.07) is -0.631. The molecule has 2 atom stereocenters. The van der Waals surface area contributed by atoms with Gasteiger partial charge < -0.3 is 20.3 Å². The molecule has 6 nitrogen and oxygen atoms in total. The first kappa shape index (κ1) is 78.3. The Morgan fingerprint density at radius 2 is 0.588 bits per heavy atom. The van der Waals surface area contributed by atoms with Gasteiger partial charge >= 0.3 is 5.97 Å². The van der Waals surface area contributed by atoms with Crippen molar-refractivity contribution < 1.29 is 24.5 Å². The maximum atomic E-state index is 12.5. The highest BCUT2D eigenvalue weighted by Gasteiger charge is 2.18. The summed E-state index contributed by atoms with van der Waals surface area (Å²) in [7, 11) is 0. The van der Waals surface area contributed by atoms with Crippen molar-refractivity contribution in [2.24, 2.45) is 0 Å². The molecule has 0 aliphatic carbocycles. The highest BCUT2D eigenvalue weighted by atomic mass is 16.5. The topological polar surface area (TPSA) is 95.9 Å². The van der Waals surface area contributed by atoms with Gasteiger partial charge in [-0.05, 0) is 57.8 Å². The highest BCUT2D eigenvalue weighted by molar-refractivity contribution is 5.76. The van der Waals surface area contributed by atoms with Crippen molar-refractivity contribution in [1.29, 1.82) is 0 Å². The van der Waals surface area contributed by atoms with Crippen molar-refractivity contribution in [2.75, 3.05) is 13.2 Å². The largest absolute Gasteiger partial charge is 0.466 e. The number of nitrogens with one attached hydrogen (secondary N) is 1. The lowest BCUT2D eigenvalue weighted by atomic mass is 10.0. The van der Waals surface area contributed by atoms with Crippen LogP contribution in [0.3, 0.4) is 0 Å². The van der Waals surface area contributed by atoms with Crippen molar-refractivity contribution in [3.05, 3.63) is 24.3 Å². The minimum absolute atomic E-state index is 0.0168. The number of rotatable bonds is 69. The minimum Gasteiger partial charge on any atom is -0.466 e. The van der Waals surface area contributed by atoms with E-state index in [2.05, 4.69) is 31.3 Å². The number of carbonyl (C=O) groups is 2. The fourth-order valence-corrected chi connectivity index (χ4v) is 11.6. The molecule has 6 heteroatoms. The number of allylic oxidation sites excluding steroid dienone is 3. The zero-order valence-electron chi connectivity index (χ0n) is 54.3.